The highest BCUT2D eigenvalue weighted by Crippen LogP contribution is 2.38. The molecular weight excluding hydrogens is 634 g/mol. The molecule has 2 aliphatic rings. The predicted molar refractivity (Wildman–Crippen MR) is 190 cm³/mol. The van der Waals surface area contributed by atoms with E-state index in [4.69, 9.17) is 18.9 Å². The largest absolute Gasteiger partial charge is 0.493 e. The van der Waals surface area contributed by atoms with E-state index in [1.54, 1.807) is 37.6 Å². The van der Waals surface area contributed by atoms with Crippen molar-refractivity contribution >= 4 is 28.9 Å². The van der Waals surface area contributed by atoms with Gasteiger partial charge in [-0.2, -0.15) is 0 Å². The molecule has 1 aromatic heterocycles. The summed E-state index contributed by atoms with van der Waals surface area (Å²) >= 11 is 0. The lowest BCUT2D eigenvalue weighted by Crippen LogP contribution is -2.37. The number of carbonyl (C=O) groups is 2. The van der Waals surface area contributed by atoms with E-state index in [1.807, 2.05) is 19.9 Å². The third-order valence-electron chi connectivity index (χ3n) is 7.25. The molecule has 10 nitrogen and oxygen atoms in total. The minimum atomic E-state index is -0.569. The monoisotopic (exact) mass is 684 g/mol. The highest BCUT2D eigenvalue weighted by Gasteiger charge is 2.29. The van der Waals surface area contributed by atoms with Crippen molar-refractivity contribution in [1.29, 1.82) is 0 Å². The van der Waals surface area contributed by atoms with E-state index < -0.39 is 5.82 Å². The molecule has 5 rings (SSSR count). The molecule has 0 spiro atoms. The lowest BCUT2D eigenvalue weighted by Gasteiger charge is -2.26. The molecule has 12 heteroatoms. The third kappa shape index (κ3) is 13.8. The minimum absolute atomic E-state index is 0.0424. The smallest absolute Gasteiger partial charge is 0.227 e. The third-order valence-corrected chi connectivity index (χ3v) is 7.25. The van der Waals surface area contributed by atoms with Gasteiger partial charge in [-0.05, 0) is 56.4 Å². The van der Waals surface area contributed by atoms with Gasteiger partial charge in [-0.1, -0.05) is 26.5 Å². The number of amides is 2. The van der Waals surface area contributed by atoms with Gasteiger partial charge in [0.2, 0.25) is 12.3 Å². The van der Waals surface area contributed by atoms with Crippen LogP contribution in [0.3, 0.4) is 0 Å². The van der Waals surface area contributed by atoms with Crippen LogP contribution in [-0.4, -0.2) is 75.9 Å². The molecule has 0 unspecified atom stereocenters. The van der Waals surface area contributed by atoms with Gasteiger partial charge >= 0.3 is 0 Å². The van der Waals surface area contributed by atoms with E-state index in [1.165, 1.54) is 12.1 Å². The van der Waals surface area contributed by atoms with E-state index in [0.717, 1.165) is 70.6 Å². The molecule has 1 saturated heterocycles. The number of aromatic nitrogens is 1. The van der Waals surface area contributed by atoms with Crippen molar-refractivity contribution < 1.29 is 37.3 Å². The number of carbonyl (C=O) groups excluding carboxylic acids is 2. The summed E-state index contributed by atoms with van der Waals surface area (Å²) in [7, 11) is 2.08. The molecule has 2 aromatic carbocycles. The van der Waals surface area contributed by atoms with Gasteiger partial charge in [0.15, 0.2) is 23.1 Å². The number of nitrogens with one attached hydrogen (secondary N) is 2. The lowest BCUT2D eigenvalue weighted by molar-refractivity contribution is -0.117. The standard InChI is InChI=1S/C27H30FN3O5.C7H11NO.C2H6.CH3F/c1-33-25-16-20-22(17-26(25)35-12-2-9-31-10-13-34-14-11-31)29-8-7-23(20)36-24-6-5-19(15-21(24)28)30-27(32)18-3-4-18;1-3-4-5-7(2)8-6-9;2*1-2/h5-8,15-18H,2-4,9-14H2,1H3,(H,30,32);3,6H,1-2,4-5H2,(H,8,9);1-2H3;1H3. The van der Waals surface area contributed by atoms with E-state index in [0.29, 0.717) is 54.0 Å². The molecular formula is C37H50F2N4O6. The number of morpholine rings is 1. The summed E-state index contributed by atoms with van der Waals surface area (Å²) in [5, 5.41) is 5.87. The van der Waals surface area contributed by atoms with Crippen molar-refractivity contribution in [3.63, 3.8) is 0 Å². The molecule has 0 bridgehead atoms. The molecule has 268 valence electrons. The Balaban J connectivity index is 0.000000553. The van der Waals surface area contributed by atoms with Gasteiger partial charge in [0.1, 0.15) is 5.75 Å². The second kappa shape index (κ2) is 22.9. The molecule has 49 heavy (non-hydrogen) atoms. The number of allylic oxidation sites excluding steroid dienone is 2. The Labute approximate surface area is 288 Å². The van der Waals surface area contributed by atoms with Crippen LogP contribution in [0, 0.1) is 11.7 Å². The number of nitrogens with zero attached hydrogens (tertiary/aromatic N) is 2. The first-order chi connectivity index (χ1) is 23.9. The summed E-state index contributed by atoms with van der Waals surface area (Å²) in [6, 6.07) is 9.67. The van der Waals surface area contributed by atoms with Crippen molar-refractivity contribution in [2.45, 2.75) is 46.0 Å². The van der Waals surface area contributed by atoms with Gasteiger partial charge in [0.25, 0.3) is 0 Å². The van der Waals surface area contributed by atoms with Gasteiger partial charge < -0.3 is 29.6 Å². The SMILES string of the molecule is C=CCCC(=C)NC=O.CC.CF.COc1cc2c(Oc3ccc(NC(=O)C4CC4)cc3F)ccnc2cc1OCCCN1CCOCC1. The molecule has 0 atom stereocenters. The summed E-state index contributed by atoms with van der Waals surface area (Å²) in [5.41, 5.74) is 1.79. The molecule has 1 aliphatic carbocycles. The lowest BCUT2D eigenvalue weighted by atomic mass is 10.1. The average Bonchev–Trinajstić information content (AvgIpc) is 3.99. The number of hydrogen-bond donors (Lipinski definition) is 2. The van der Waals surface area contributed by atoms with Crippen LogP contribution < -0.4 is 24.8 Å². The minimum Gasteiger partial charge on any atom is -0.493 e. The Bertz CT molecular complexity index is 1480. The Kier molecular flexibility index (Phi) is 19.0. The first kappa shape index (κ1) is 40.6. The highest BCUT2D eigenvalue weighted by atomic mass is 19.1. The number of fused-ring (bicyclic) bond motifs is 1. The number of rotatable bonds is 15. The van der Waals surface area contributed by atoms with Gasteiger partial charge in [-0.25, -0.2) is 4.39 Å². The van der Waals surface area contributed by atoms with Crippen LogP contribution >= 0.6 is 0 Å². The van der Waals surface area contributed by atoms with Crippen molar-refractivity contribution in [3.05, 3.63) is 73.3 Å². The fourth-order valence-corrected chi connectivity index (χ4v) is 4.59. The summed E-state index contributed by atoms with van der Waals surface area (Å²) in [5.74, 6) is 1.03. The predicted octanol–water partition coefficient (Wildman–Crippen LogP) is 7.45. The van der Waals surface area contributed by atoms with Gasteiger partial charge in [0, 0.05) is 60.7 Å². The topological polar surface area (TPSA) is 111 Å². The second-order valence-electron chi connectivity index (χ2n) is 10.7. The van der Waals surface area contributed by atoms with Crippen molar-refractivity contribution in [2.24, 2.45) is 5.92 Å². The molecule has 3 aromatic rings. The zero-order valence-corrected chi connectivity index (χ0v) is 29.1. The number of methoxy groups -OCH3 is 1. The van der Waals surface area contributed by atoms with Crippen molar-refractivity contribution in [3.8, 4) is 23.0 Å². The molecule has 1 saturated carbocycles. The maximum atomic E-state index is 14.8. The van der Waals surface area contributed by atoms with Crippen LogP contribution in [0.15, 0.2) is 67.5 Å². The van der Waals surface area contributed by atoms with Crippen molar-refractivity contribution in [1.82, 2.24) is 15.2 Å². The maximum absolute atomic E-state index is 14.8. The normalized spacial score (nSPS) is 13.5. The van der Waals surface area contributed by atoms with Crippen LogP contribution in [0.25, 0.3) is 10.9 Å². The van der Waals surface area contributed by atoms with E-state index >= 15 is 0 Å². The molecule has 1 aliphatic heterocycles. The Morgan fingerprint density at radius 1 is 1.08 bits per heavy atom. The summed E-state index contributed by atoms with van der Waals surface area (Å²) in [6.07, 6.45) is 8.32. The summed E-state index contributed by atoms with van der Waals surface area (Å²) in [4.78, 5) is 28.5. The second-order valence-corrected chi connectivity index (χ2v) is 10.7. The van der Waals surface area contributed by atoms with Crippen LogP contribution in [-0.2, 0) is 14.3 Å². The summed E-state index contributed by atoms with van der Waals surface area (Å²) < 4.78 is 47.1. The van der Waals surface area contributed by atoms with Crippen LogP contribution in [0.2, 0.25) is 0 Å². The van der Waals surface area contributed by atoms with Crippen molar-refractivity contribution in [2.75, 3.05) is 59.1 Å². The highest BCUT2D eigenvalue weighted by molar-refractivity contribution is 5.94. The van der Waals surface area contributed by atoms with Crippen LogP contribution in [0.1, 0.15) is 46.0 Å². The number of ether oxygens (including phenoxy) is 4. The number of anilines is 1. The quantitative estimate of drug-likeness (QED) is 0.0965. The molecule has 2 amide bonds. The van der Waals surface area contributed by atoms with E-state index in [9.17, 15) is 18.4 Å². The number of halogens is 2. The fraction of sp³-hybridized carbons (Fsp3) is 0.432. The number of benzene rings is 2. The molecule has 0 radical (unpaired) electrons. The van der Waals surface area contributed by atoms with Gasteiger partial charge in [-0.3, -0.25) is 23.9 Å². The zero-order chi connectivity index (χ0) is 36.0. The number of pyridine rings is 1. The van der Waals surface area contributed by atoms with Crippen LogP contribution in [0.4, 0.5) is 14.5 Å². The molecule has 2 heterocycles. The fourth-order valence-electron chi connectivity index (χ4n) is 4.59. The summed E-state index contributed by atoms with van der Waals surface area (Å²) in [6.45, 7) is 16.1. The molecule has 2 N–H and O–H groups in total. The average molecular weight is 685 g/mol. The zero-order valence-electron chi connectivity index (χ0n) is 29.1. The molecule has 2 fully saturated rings. The first-order valence-corrected chi connectivity index (χ1v) is 16.5. The maximum Gasteiger partial charge on any atom is 0.227 e. The number of alkyl halides is 1. The van der Waals surface area contributed by atoms with Gasteiger partial charge in [-0.15, -0.1) is 6.58 Å². The van der Waals surface area contributed by atoms with E-state index in [2.05, 4.69) is 33.7 Å². The Hall–Kier alpha value is -4.55. The van der Waals surface area contributed by atoms with Gasteiger partial charge in [0.05, 0.1) is 39.6 Å². The van der Waals surface area contributed by atoms with E-state index in [-0.39, 0.29) is 17.6 Å². The Morgan fingerprint density at radius 2 is 1.82 bits per heavy atom. The Morgan fingerprint density at radius 3 is 2.45 bits per heavy atom. The van der Waals surface area contributed by atoms with Crippen LogP contribution in [0.5, 0.6) is 23.0 Å². The number of hydrogen-bond acceptors (Lipinski definition) is 8. The first-order valence-electron chi connectivity index (χ1n) is 16.5.